The number of ether oxygens (including phenoxy) is 2. The number of nitrogens with zero attached hydrogens (tertiary/aromatic N) is 1. The lowest BCUT2D eigenvalue weighted by atomic mass is 10.1. The van der Waals surface area contributed by atoms with Gasteiger partial charge in [0.1, 0.15) is 0 Å². The van der Waals surface area contributed by atoms with E-state index in [1.54, 1.807) is 0 Å². The van der Waals surface area contributed by atoms with Crippen LogP contribution in [0.25, 0.3) is 0 Å². The van der Waals surface area contributed by atoms with Gasteiger partial charge in [0, 0.05) is 45.4 Å². The van der Waals surface area contributed by atoms with Crippen molar-refractivity contribution in [3.63, 3.8) is 0 Å². The van der Waals surface area contributed by atoms with Gasteiger partial charge in [-0.2, -0.15) is 0 Å². The summed E-state index contributed by atoms with van der Waals surface area (Å²) in [4.78, 5) is 2.50. The van der Waals surface area contributed by atoms with Gasteiger partial charge < -0.3 is 14.8 Å². The Balaban J connectivity index is 1.61. The van der Waals surface area contributed by atoms with Crippen LogP contribution in [0.3, 0.4) is 0 Å². The fraction of sp³-hybridized carbons (Fsp3) is 1.00. The number of hydrogen-bond acceptors (Lipinski definition) is 4. The largest absolute Gasteiger partial charge is 0.381 e. The third-order valence-corrected chi connectivity index (χ3v) is 3.59. The van der Waals surface area contributed by atoms with Crippen LogP contribution in [-0.2, 0) is 9.47 Å². The molecular formula is C13H26N2O2. The number of hydrogen-bond donors (Lipinski definition) is 1. The van der Waals surface area contributed by atoms with Crippen molar-refractivity contribution in [2.24, 2.45) is 0 Å². The molecule has 0 aromatic rings. The van der Waals surface area contributed by atoms with E-state index in [1.807, 2.05) is 0 Å². The van der Waals surface area contributed by atoms with E-state index in [4.69, 9.17) is 9.47 Å². The van der Waals surface area contributed by atoms with Gasteiger partial charge in [-0.05, 0) is 26.7 Å². The first-order valence-electron chi connectivity index (χ1n) is 6.83. The van der Waals surface area contributed by atoms with E-state index in [2.05, 4.69) is 24.1 Å². The maximum atomic E-state index is 5.71. The van der Waals surface area contributed by atoms with E-state index < -0.39 is 0 Å². The molecule has 0 aliphatic carbocycles. The quantitative estimate of drug-likeness (QED) is 0.793. The summed E-state index contributed by atoms with van der Waals surface area (Å²) in [7, 11) is 0. The minimum absolute atomic E-state index is 0.0247. The molecule has 4 heteroatoms. The molecule has 0 saturated carbocycles. The molecule has 1 N–H and O–H groups in total. The molecule has 2 rings (SSSR count). The fourth-order valence-corrected chi connectivity index (χ4v) is 2.63. The van der Waals surface area contributed by atoms with Crippen LogP contribution >= 0.6 is 0 Å². The number of morpholine rings is 1. The monoisotopic (exact) mass is 242 g/mol. The third kappa shape index (κ3) is 4.54. The molecule has 2 fully saturated rings. The summed E-state index contributed by atoms with van der Waals surface area (Å²) in [6.45, 7) is 11.4. The highest BCUT2D eigenvalue weighted by molar-refractivity contribution is 4.80. The first kappa shape index (κ1) is 13.3. The summed E-state index contributed by atoms with van der Waals surface area (Å²) in [5.41, 5.74) is 0.0247. The Morgan fingerprint density at radius 3 is 2.71 bits per heavy atom. The third-order valence-electron chi connectivity index (χ3n) is 3.59. The van der Waals surface area contributed by atoms with Crippen molar-refractivity contribution in [1.29, 1.82) is 0 Å². The fourth-order valence-electron chi connectivity index (χ4n) is 2.63. The second kappa shape index (κ2) is 6.14. The van der Waals surface area contributed by atoms with Crippen LogP contribution in [0.15, 0.2) is 0 Å². The lowest BCUT2D eigenvalue weighted by Gasteiger charge is -2.38. The molecule has 0 unspecified atom stereocenters. The smallest absolute Gasteiger partial charge is 0.0753 e. The van der Waals surface area contributed by atoms with Crippen LogP contribution in [0.1, 0.15) is 26.7 Å². The first-order chi connectivity index (χ1) is 8.16. The van der Waals surface area contributed by atoms with Gasteiger partial charge in [0.15, 0.2) is 0 Å². The molecule has 100 valence electrons. The van der Waals surface area contributed by atoms with Gasteiger partial charge in [0.05, 0.1) is 12.2 Å². The summed E-state index contributed by atoms with van der Waals surface area (Å²) in [6.07, 6.45) is 2.32. The molecule has 0 amide bonds. The summed E-state index contributed by atoms with van der Waals surface area (Å²) in [5, 5.41) is 3.63. The van der Waals surface area contributed by atoms with Crippen molar-refractivity contribution in [1.82, 2.24) is 10.2 Å². The highest BCUT2D eigenvalue weighted by atomic mass is 16.5. The maximum Gasteiger partial charge on any atom is 0.0753 e. The molecule has 0 spiro atoms. The average molecular weight is 242 g/mol. The summed E-state index contributed by atoms with van der Waals surface area (Å²) >= 11 is 0. The average Bonchev–Trinajstić information content (AvgIpc) is 2.29. The van der Waals surface area contributed by atoms with Crippen LogP contribution in [0.5, 0.6) is 0 Å². The lowest BCUT2D eigenvalue weighted by Crippen LogP contribution is -2.50. The predicted molar refractivity (Wildman–Crippen MR) is 68.3 cm³/mol. The van der Waals surface area contributed by atoms with Crippen LogP contribution < -0.4 is 5.32 Å². The normalized spacial score (nSPS) is 27.2. The van der Waals surface area contributed by atoms with E-state index in [9.17, 15) is 0 Å². The molecule has 17 heavy (non-hydrogen) atoms. The van der Waals surface area contributed by atoms with E-state index in [-0.39, 0.29) is 5.60 Å². The summed E-state index contributed by atoms with van der Waals surface area (Å²) in [5.74, 6) is 0. The van der Waals surface area contributed by atoms with Gasteiger partial charge in [0.2, 0.25) is 0 Å². The van der Waals surface area contributed by atoms with Gasteiger partial charge in [-0.15, -0.1) is 0 Å². The standard InChI is InChI=1S/C13H26N2O2/c1-13(2)11-15(7-10-17-13)6-5-14-12-3-8-16-9-4-12/h12,14H,3-11H2,1-2H3. The summed E-state index contributed by atoms with van der Waals surface area (Å²) < 4.78 is 11.1. The zero-order valence-electron chi connectivity index (χ0n) is 11.2. The Labute approximate surface area is 105 Å². The zero-order chi connectivity index (χ0) is 12.1. The van der Waals surface area contributed by atoms with Crippen molar-refractivity contribution in [2.45, 2.75) is 38.3 Å². The molecule has 2 saturated heterocycles. The topological polar surface area (TPSA) is 33.7 Å². The molecule has 0 bridgehead atoms. The first-order valence-corrected chi connectivity index (χ1v) is 6.83. The van der Waals surface area contributed by atoms with Gasteiger partial charge in [-0.25, -0.2) is 0 Å². The molecule has 2 aliphatic rings. The Morgan fingerprint density at radius 1 is 1.24 bits per heavy atom. The molecular weight excluding hydrogens is 216 g/mol. The Kier molecular flexibility index (Phi) is 4.79. The Hall–Kier alpha value is -0.160. The van der Waals surface area contributed by atoms with E-state index in [1.165, 1.54) is 0 Å². The second-order valence-electron chi connectivity index (χ2n) is 5.73. The van der Waals surface area contributed by atoms with E-state index in [0.717, 1.165) is 58.8 Å². The van der Waals surface area contributed by atoms with Crippen molar-refractivity contribution in [3.8, 4) is 0 Å². The minimum atomic E-state index is 0.0247. The van der Waals surface area contributed by atoms with Crippen molar-refractivity contribution < 1.29 is 9.47 Å². The van der Waals surface area contributed by atoms with Gasteiger partial charge in [-0.3, -0.25) is 4.90 Å². The highest BCUT2D eigenvalue weighted by Gasteiger charge is 2.26. The van der Waals surface area contributed by atoms with Crippen molar-refractivity contribution in [2.75, 3.05) is 46.0 Å². The molecule has 4 nitrogen and oxygen atoms in total. The Bertz CT molecular complexity index is 227. The second-order valence-corrected chi connectivity index (χ2v) is 5.73. The lowest BCUT2D eigenvalue weighted by molar-refractivity contribution is -0.0856. The van der Waals surface area contributed by atoms with Gasteiger partial charge in [0.25, 0.3) is 0 Å². The van der Waals surface area contributed by atoms with E-state index >= 15 is 0 Å². The van der Waals surface area contributed by atoms with Gasteiger partial charge in [-0.1, -0.05) is 0 Å². The van der Waals surface area contributed by atoms with Crippen molar-refractivity contribution in [3.05, 3.63) is 0 Å². The molecule has 0 aromatic heterocycles. The Morgan fingerprint density at radius 2 is 2.00 bits per heavy atom. The molecule has 2 aliphatic heterocycles. The number of nitrogens with one attached hydrogen (secondary N) is 1. The zero-order valence-corrected chi connectivity index (χ0v) is 11.2. The van der Waals surface area contributed by atoms with Crippen LogP contribution in [0.2, 0.25) is 0 Å². The van der Waals surface area contributed by atoms with Crippen molar-refractivity contribution >= 4 is 0 Å². The molecule has 2 heterocycles. The SMILES string of the molecule is CC1(C)CN(CCNC2CCOCC2)CCO1. The minimum Gasteiger partial charge on any atom is -0.381 e. The van der Waals surface area contributed by atoms with Crippen LogP contribution in [0, 0.1) is 0 Å². The number of rotatable bonds is 4. The highest BCUT2D eigenvalue weighted by Crippen LogP contribution is 2.15. The van der Waals surface area contributed by atoms with Crippen LogP contribution in [-0.4, -0.2) is 62.5 Å². The van der Waals surface area contributed by atoms with Gasteiger partial charge >= 0.3 is 0 Å². The molecule has 0 aromatic carbocycles. The van der Waals surface area contributed by atoms with Crippen LogP contribution in [0.4, 0.5) is 0 Å². The molecule has 0 atom stereocenters. The summed E-state index contributed by atoms with van der Waals surface area (Å²) in [6, 6.07) is 0.665. The van der Waals surface area contributed by atoms with E-state index in [0.29, 0.717) is 6.04 Å². The predicted octanol–water partition coefficient (Wildman–Crippen LogP) is 0.866. The molecule has 0 radical (unpaired) electrons. The maximum absolute atomic E-state index is 5.71.